The second-order valence-electron chi connectivity index (χ2n) is 18.9. The molecule has 0 aromatic heterocycles. The number of carbonyl (C=O) groups is 2. The van der Waals surface area contributed by atoms with Gasteiger partial charge >= 0.3 is 19.8 Å². The molecule has 0 aliphatic carbocycles. The molecule has 61 heavy (non-hydrogen) atoms. The van der Waals surface area contributed by atoms with Gasteiger partial charge in [-0.2, -0.15) is 0 Å². The van der Waals surface area contributed by atoms with Crippen molar-refractivity contribution in [3.63, 3.8) is 0 Å². The Hall–Kier alpha value is -1.25. The van der Waals surface area contributed by atoms with E-state index >= 15 is 0 Å². The summed E-state index contributed by atoms with van der Waals surface area (Å²) in [6, 6.07) is 0. The number of rotatable bonds is 48. The molecule has 0 aliphatic rings. The summed E-state index contributed by atoms with van der Waals surface area (Å²) < 4.78 is 34.4. The van der Waals surface area contributed by atoms with E-state index in [0.717, 1.165) is 51.4 Å². The molecule has 0 spiro atoms. The van der Waals surface area contributed by atoms with E-state index in [-0.39, 0.29) is 25.6 Å². The molecule has 362 valence electrons. The predicted octanol–water partition coefficient (Wildman–Crippen LogP) is 15.3. The Bertz CT molecular complexity index is 1050. The number of unbranched alkanes of at least 4 members (excludes halogenated alkanes) is 32. The number of phosphoric ester groups is 1. The average Bonchev–Trinajstić information content (AvgIpc) is 3.21. The molecule has 0 saturated heterocycles. The average molecular weight is 887 g/mol. The van der Waals surface area contributed by atoms with Crippen molar-refractivity contribution in [2.75, 3.05) is 47.5 Å². The Morgan fingerprint density at radius 2 is 0.836 bits per heavy atom. The number of hydrogen-bond acceptors (Lipinski definition) is 7. The highest BCUT2D eigenvalue weighted by Crippen LogP contribution is 2.43. The normalized spacial score (nSPS) is 13.5. The highest BCUT2D eigenvalue weighted by molar-refractivity contribution is 7.47. The van der Waals surface area contributed by atoms with Crippen molar-refractivity contribution < 1.29 is 42.1 Å². The maximum Gasteiger partial charge on any atom is 0.472 e. The maximum absolute atomic E-state index is 12.7. The lowest BCUT2D eigenvalue weighted by Crippen LogP contribution is -2.37. The summed E-state index contributed by atoms with van der Waals surface area (Å²) in [5.74, 6) is -0.793. The van der Waals surface area contributed by atoms with Gasteiger partial charge in [0.15, 0.2) is 6.10 Å². The van der Waals surface area contributed by atoms with Crippen LogP contribution in [0.1, 0.15) is 251 Å². The highest BCUT2D eigenvalue weighted by Gasteiger charge is 2.27. The minimum absolute atomic E-state index is 0.0335. The number of allylic oxidation sites excluding steroid dienone is 2. The lowest BCUT2D eigenvalue weighted by Gasteiger charge is -2.24. The van der Waals surface area contributed by atoms with Crippen LogP contribution in [0.4, 0.5) is 0 Å². The Morgan fingerprint density at radius 3 is 1.21 bits per heavy atom. The van der Waals surface area contributed by atoms with Crippen LogP contribution in [0.5, 0.6) is 0 Å². The number of likely N-dealkylation sites (N-methyl/N-ethyl adjacent to an activating group) is 1. The molecule has 10 heteroatoms. The summed E-state index contributed by atoms with van der Waals surface area (Å²) in [5, 5.41) is 0. The van der Waals surface area contributed by atoms with Gasteiger partial charge in [0.05, 0.1) is 27.7 Å². The van der Waals surface area contributed by atoms with Gasteiger partial charge in [-0.1, -0.05) is 212 Å². The molecule has 1 N–H and O–H groups in total. The van der Waals surface area contributed by atoms with Crippen LogP contribution in [0.2, 0.25) is 0 Å². The summed E-state index contributed by atoms with van der Waals surface area (Å²) >= 11 is 0. The largest absolute Gasteiger partial charge is 0.472 e. The van der Waals surface area contributed by atoms with Crippen LogP contribution < -0.4 is 0 Å². The molecule has 9 nitrogen and oxygen atoms in total. The van der Waals surface area contributed by atoms with Gasteiger partial charge in [-0.3, -0.25) is 18.6 Å². The SMILES string of the molecule is CCCCCCCCC/C=C\CCCCCCCC(=O)OC(COC(=O)CCCCCCCCCCCCCCCCCCCCCCC)COP(=O)(O)OCC[N+](C)(C)C. The number of nitrogens with zero attached hydrogens (tertiary/aromatic N) is 1. The first-order chi connectivity index (χ1) is 29.5. The molecule has 0 aliphatic heterocycles. The van der Waals surface area contributed by atoms with Gasteiger partial charge in [-0.15, -0.1) is 0 Å². The van der Waals surface area contributed by atoms with Crippen molar-refractivity contribution >= 4 is 19.8 Å². The van der Waals surface area contributed by atoms with Crippen molar-refractivity contribution in [2.45, 2.75) is 258 Å². The van der Waals surface area contributed by atoms with Gasteiger partial charge < -0.3 is 18.9 Å². The molecule has 0 amide bonds. The van der Waals surface area contributed by atoms with Crippen molar-refractivity contribution in [1.29, 1.82) is 0 Å². The van der Waals surface area contributed by atoms with Crippen LogP contribution in [0.15, 0.2) is 12.2 Å². The first-order valence-corrected chi connectivity index (χ1v) is 27.4. The molecule has 0 bridgehead atoms. The van der Waals surface area contributed by atoms with Crippen molar-refractivity contribution in [2.24, 2.45) is 0 Å². The number of hydrogen-bond donors (Lipinski definition) is 1. The minimum Gasteiger partial charge on any atom is -0.462 e. The summed E-state index contributed by atoms with van der Waals surface area (Å²) in [6.07, 6.45) is 48.3. The second kappa shape index (κ2) is 44.0. The molecule has 0 fully saturated rings. The van der Waals surface area contributed by atoms with Gasteiger partial charge in [-0.05, 0) is 38.5 Å². The van der Waals surface area contributed by atoms with Crippen molar-refractivity contribution in [3.8, 4) is 0 Å². The predicted molar refractivity (Wildman–Crippen MR) is 257 cm³/mol. The highest BCUT2D eigenvalue weighted by atomic mass is 31.2. The quantitative estimate of drug-likeness (QED) is 0.0212. The molecule has 2 atom stereocenters. The summed E-state index contributed by atoms with van der Waals surface area (Å²) in [4.78, 5) is 35.5. The zero-order chi connectivity index (χ0) is 45.0. The maximum atomic E-state index is 12.7. The minimum atomic E-state index is -4.38. The second-order valence-corrected chi connectivity index (χ2v) is 20.4. The standard InChI is InChI=1S/C51H100NO8P/c1-6-8-10-12-14-16-18-20-22-24-25-26-27-28-30-31-33-35-37-39-41-43-50(53)57-47-49(48-59-61(55,56)58-46-45-52(3,4)5)60-51(54)44-42-40-38-36-34-32-29-23-21-19-17-15-13-11-9-7-2/h23,29,49H,6-22,24-28,30-48H2,1-5H3/p+1/b29-23-. The van der Waals surface area contributed by atoms with Crippen molar-refractivity contribution in [1.82, 2.24) is 0 Å². The lowest BCUT2D eigenvalue weighted by molar-refractivity contribution is -0.870. The van der Waals surface area contributed by atoms with E-state index < -0.39 is 26.5 Å². The molecule has 0 saturated carbocycles. The van der Waals surface area contributed by atoms with Gasteiger partial charge in [0.2, 0.25) is 0 Å². The van der Waals surface area contributed by atoms with Gasteiger partial charge in [0.25, 0.3) is 0 Å². The topological polar surface area (TPSA) is 108 Å². The Balaban J connectivity index is 4.20. The number of esters is 2. The van der Waals surface area contributed by atoms with Crippen LogP contribution in [-0.4, -0.2) is 74.9 Å². The Labute approximate surface area is 377 Å². The van der Waals surface area contributed by atoms with Crippen LogP contribution >= 0.6 is 7.82 Å². The van der Waals surface area contributed by atoms with E-state index in [2.05, 4.69) is 26.0 Å². The third kappa shape index (κ3) is 48.1. The Kier molecular flexibility index (Phi) is 43.1. The lowest BCUT2D eigenvalue weighted by atomic mass is 10.0. The number of quaternary nitrogens is 1. The number of carbonyl (C=O) groups excluding carboxylic acids is 2. The molecule has 2 unspecified atom stereocenters. The molecule has 0 radical (unpaired) electrons. The molecular formula is C51H101NO8P+. The van der Waals surface area contributed by atoms with E-state index in [9.17, 15) is 19.0 Å². The fraction of sp³-hybridized carbons (Fsp3) is 0.922. The Morgan fingerprint density at radius 1 is 0.492 bits per heavy atom. The monoisotopic (exact) mass is 887 g/mol. The fourth-order valence-corrected chi connectivity index (χ4v) is 8.22. The summed E-state index contributed by atoms with van der Waals surface area (Å²) in [5.41, 5.74) is 0. The zero-order valence-corrected chi connectivity index (χ0v) is 41.8. The van der Waals surface area contributed by atoms with Gasteiger partial charge in [0, 0.05) is 12.8 Å². The van der Waals surface area contributed by atoms with E-state index in [0.29, 0.717) is 23.9 Å². The van der Waals surface area contributed by atoms with Crippen molar-refractivity contribution in [3.05, 3.63) is 12.2 Å². The van der Waals surface area contributed by atoms with E-state index in [1.807, 2.05) is 21.1 Å². The smallest absolute Gasteiger partial charge is 0.462 e. The van der Waals surface area contributed by atoms with Gasteiger partial charge in [0.1, 0.15) is 19.8 Å². The first-order valence-electron chi connectivity index (χ1n) is 25.9. The number of phosphoric acid groups is 1. The van der Waals surface area contributed by atoms with E-state index in [4.69, 9.17) is 18.5 Å². The first kappa shape index (κ1) is 59.8. The fourth-order valence-electron chi connectivity index (χ4n) is 7.48. The molecule has 0 heterocycles. The zero-order valence-electron chi connectivity index (χ0n) is 40.9. The van der Waals surface area contributed by atoms with Crippen LogP contribution in [-0.2, 0) is 32.7 Å². The summed E-state index contributed by atoms with van der Waals surface area (Å²) in [6.45, 7) is 4.46. The van der Waals surface area contributed by atoms with Gasteiger partial charge in [-0.25, -0.2) is 4.57 Å². The van der Waals surface area contributed by atoms with Crippen LogP contribution in [0.3, 0.4) is 0 Å². The molecule has 0 aromatic rings. The molecule has 0 rings (SSSR count). The third-order valence-corrected chi connectivity index (χ3v) is 12.5. The molecular weight excluding hydrogens is 786 g/mol. The number of ether oxygens (including phenoxy) is 2. The molecule has 0 aromatic carbocycles. The van der Waals surface area contributed by atoms with E-state index in [1.165, 1.54) is 167 Å². The van der Waals surface area contributed by atoms with Crippen LogP contribution in [0, 0.1) is 0 Å². The third-order valence-electron chi connectivity index (χ3n) is 11.5. The summed E-state index contributed by atoms with van der Waals surface area (Å²) in [7, 11) is 1.49. The van der Waals surface area contributed by atoms with Crippen LogP contribution in [0.25, 0.3) is 0 Å². The van der Waals surface area contributed by atoms with E-state index in [1.54, 1.807) is 0 Å².